The van der Waals surface area contributed by atoms with E-state index in [1.54, 1.807) is 25.4 Å². The first-order valence-electron chi connectivity index (χ1n) is 8.17. The normalized spacial score (nSPS) is 13.4. The molecule has 0 radical (unpaired) electrons. The van der Waals surface area contributed by atoms with Gasteiger partial charge in [-0.25, -0.2) is 8.42 Å². The monoisotopic (exact) mass is 371 g/mol. The van der Waals surface area contributed by atoms with E-state index in [1.165, 1.54) is 0 Å². The lowest BCUT2D eigenvalue weighted by Gasteiger charge is -2.20. The molecule has 7 heteroatoms. The van der Waals surface area contributed by atoms with E-state index in [0.29, 0.717) is 5.56 Å². The van der Waals surface area contributed by atoms with Gasteiger partial charge in [-0.2, -0.15) is 5.26 Å². The molecule has 0 aliphatic carbocycles. The number of aromatic nitrogens is 1. The molecule has 1 aromatic heterocycles. The van der Waals surface area contributed by atoms with Crippen LogP contribution < -0.4 is 5.32 Å². The highest BCUT2D eigenvalue weighted by Crippen LogP contribution is 2.28. The molecule has 2 atom stereocenters. The number of hydrogen-bond acceptors (Lipinski definition) is 5. The van der Waals surface area contributed by atoms with E-state index in [1.807, 2.05) is 36.4 Å². The molecule has 1 amide bonds. The molecular formula is C19H21N3O3S. The lowest BCUT2D eigenvalue weighted by Crippen LogP contribution is -2.32. The summed E-state index contributed by atoms with van der Waals surface area (Å²) in [5.41, 5.74) is 2.50. The first-order valence-corrected chi connectivity index (χ1v) is 10.1. The minimum Gasteiger partial charge on any atom is -0.342 e. The van der Waals surface area contributed by atoms with E-state index in [0.717, 1.165) is 17.4 Å². The number of benzene rings is 1. The van der Waals surface area contributed by atoms with Crippen molar-refractivity contribution in [1.82, 2.24) is 10.3 Å². The first kappa shape index (κ1) is 19.6. The maximum atomic E-state index is 12.5. The molecule has 2 rings (SSSR count). The molecule has 26 heavy (non-hydrogen) atoms. The van der Waals surface area contributed by atoms with Gasteiger partial charge in [0.15, 0.2) is 0 Å². The third kappa shape index (κ3) is 5.14. The average Bonchev–Trinajstić information content (AvgIpc) is 2.64. The van der Waals surface area contributed by atoms with Crippen molar-refractivity contribution in [3.8, 4) is 17.2 Å². The molecule has 0 aliphatic heterocycles. The van der Waals surface area contributed by atoms with E-state index in [-0.39, 0.29) is 18.9 Å². The van der Waals surface area contributed by atoms with Gasteiger partial charge in [-0.3, -0.25) is 9.78 Å². The van der Waals surface area contributed by atoms with Gasteiger partial charge in [-0.15, -0.1) is 0 Å². The van der Waals surface area contributed by atoms with Gasteiger partial charge in [0.2, 0.25) is 5.91 Å². The van der Waals surface area contributed by atoms with Gasteiger partial charge in [0, 0.05) is 18.6 Å². The van der Waals surface area contributed by atoms with Crippen LogP contribution in [0.4, 0.5) is 0 Å². The molecule has 0 aliphatic rings. The average molecular weight is 371 g/mol. The van der Waals surface area contributed by atoms with E-state index in [4.69, 9.17) is 5.26 Å². The first-order chi connectivity index (χ1) is 12.3. The fraction of sp³-hybridized carbons (Fsp3) is 0.316. The fourth-order valence-electron chi connectivity index (χ4n) is 2.62. The van der Waals surface area contributed by atoms with E-state index in [9.17, 15) is 13.2 Å². The Morgan fingerprint density at radius 3 is 2.62 bits per heavy atom. The van der Waals surface area contributed by atoms with Crippen LogP contribution in [0.3, 0.4) is 0 Å². The molecule has 1 N–H and O–H groups in total. The van der Waals surface area contributed by atoms with Gasteiger partial charge in [0.25, 0.3) is 0 Å². The summed E-state index contributed by atoms with van der Waals surface area (Å²) < 4.78 is 23.7. The second-order valence-corrected chi connectivity index (χ2v) is 8.64. The Labute approximate surface area is 153 Å². The fourth-order valence-corrected chi connectivity index (χ4v) is 3.16. The highest BCUT2D eigenvalue weighted by atomic mass is 32.2. The molecular weight excluding hydrogens is 350 g/mol. The van der Waals surface area contributed by atoms with Crippen LogP contribution in [-0.4, -0.2) is 37.4 Å². The van der Waals surface area contributed by atoms with Crippen molar-refractivity contribution in [3.63, 3.8) is 0 Å². The Hall–Kier alpha value is -2.72. The number of nitrogens with one attached hydrogen (secondary N) is 1. The summed E-state index contributed by atoms with van der Waals surface area (Å²) in [5.74, 6) is -1.02. The second kappa shape index (κ2) is 8.59. The van der Waals surface area contributed by atoms with E-state index in [2.05, 4.69) is 10.3 Å². The highest BCUT2D eigenvalue weighted by Gasteiger charge is 2.27. The van der Waals surface area contributed by atoms with Gasteiger partial charge >= 0.3 is 0 Å². The number of rotatable bonds is 7. The predicted molar refractivity (Wildman–Crippen MR) is 100.0 cm³/mol. The number of amides is 1. The Kier molecular flexibility index (Phi) is 6.47. The molecule has 0 fully saturated rings. The Morgan fingerprint density at radius 1 is 1.27 bits per heavy atom. The summed E-state index contributed by atoms with van der Waals surface area (Å²) in [4.78, 5) is 16.6. The minimum atomic E-state index is -3.28. The summed E-state index contributed by atoms with van der Waals surface area (Å²) in [6, 6.07) is 13.0. The molecule has 2 aromatic rings. The molecule has 6 nitrogen and oxygen atoms in total. The predicted octanol–water partition coefficient (Wildman–Crippen LogP) is 2.30. The summed E-state index contributed by atoms with van der Waals surface area (Å²) in [7, 11) is -3.28. The van der Waals surface area contributed by atoms with Crippen LogP contribution in [-0.2, 0) is 14.6 Å². The van der Waals surface area contributed by atoms with Crippen LogP contribution in [0.2, 0.25) is 0 Å². The largest absolute Gasteiger partial charge is 0.342 e. The van der Waals surface area contributed by atoms with Crippen molar-refractivity contribution in [3.05, 3.63) is 54.4 Å². The third-order valence-corrected chi connectivity index (χ3v) is 5.89. The molecule has 1 heterocycles. The molecule has 0 saturated carbocycles. The molecule has 0 bridgehead atoms. The number of sulfone groups is 1. The topological polar surface area (TPSA) is 99.9 Å². The van der Waals surface area contributed by atoms with Crippen molar-refractivity contribution in [2.75, 3.05) is 12.8 Å². The highest BCUT2D eigenvalue weighted by molar-refractivity contribution is 7.91. The minimum absolute atomic E-state index is 0.120. The Morgan fingerprint density at radius 2 is 2.00 bits per heavy atom. The number of carbonyl (C=O) groups excluding carboxylic acids is 1. The van der Waals surface area contributed by atoms with Crippen molar-refractivity contribution >= 4 is 15.7 Å². The molecule has 2 unspecified atom stereocenters. The van der Waals surface area contributed by atoms with Crippen molar-refractivity contribution in [2.24, 2.45) is 0 Å². The smallest absolute Gasteiger partial charge is 0.228 e. The lowest BCUT2D eigenvalue weighted by atomic mass is 9.91. The summed E-state index contributed by atoms with van der Waals surface area (Å²) in [5, 5.41) is 10.6. The van der Waals surface area contributed by atoms with Gasteiger partial charge in [-0.05, 0) is 36.1 Å². The van der Waals surface area contributed by atoms with Gasteiger partial charge < -0.3 is 5.32 Å². The quantitative estimate of drug-likeness (QED) is 0.753. The molecule has 1 aromatic carbocycles. The van der Waals surface area contributed by atoms with Crippen molar-refractivity contribution in [2.45, 2.75) is 24.5 Å². The van der Waals surface area contributed by atoms with E-state index < -0.39 is 21.0 Å². The van der Waals surface area contributed by atoms with Gasteiger partial charge in [-0.1, -0.05) is 30.3 Å². The summed E-state index contributed by atoms with van der Waals surface area (Å²) in [6.45, 7) is 1.47. The number of nitrogens with zero attached hydrogens (tertiary/aromatic N) is 2. The number of pyridine rings is 1. The molecule has 0 saturated heterocycles. The SMILES string of the molecule is CC(CC(C(=O)NCC#N)c1cccc(-c2cccnc2)c1)S(C)(=O)=O. The maximum absolute atomic E-state index is 12.5. The van der Waals surface area contributed by atoms with Crippen LogP contribution in [0.1, 0.15) is 24.8 Å². The molecule has 136 valence electrons. The van der Waals surface area contributed by atoms with E-state index >= 15 is 0 Å². The van der Waals surface area contributed by atoms with Crippen molar-refractivity contribution < 1.29 is 13.2 Å². The number of nitriles is 1. The Bertz CT molecular complexity index is 905. The second-order valence-electron chi connectivity index (χ2n) is 6.17. The van der Waals surface area contributed by atoms with Crippen molar-refractivity contribution in [1.29, 1.82) is 5.26 Å². The molecule has 0 spiro atoms. The van der Waals surface area contributed by atoms with Crippen LogP contribution >= 0.6 is 0 Å². The Balaban J connectivity index is 2.38. The third-order valence-electron chi connectivity index (χ3n) is 4.24. The summed E-state index contributed by atoms with van der Waals surface area (Å²) >= 11 is 0. The summed E-state index contributed by atoms with van der Waals surface area (Å²) in [6.07, 6.45) is 4.71. The number of carbonyl (C=O) groups is 1. The maximum Gasteiger partial charge on any atom is 0.228 e. The zero-order valence-electron chi connectivity index (χ0n) is 14.7. The zero-order chi connectivity index (χ0) is 19.2. The lowest BCUT2D eigenvalue weighted by molar-refractivity contribution is -0.122. The van der Waals surface area contributed by atoms with Gasteiger partial charge in [0.05, 0.1) is 17.2 Å². The van der Waals surface area contributed by atoms with Crippen LogP contribution in [0.5, 0.6) is 0 Å². The van der Waals surface area contributed by atoms with Crippen LogP contribution in [0.25, 0.3) is 11.1 Å². The van der Waals surface area contributed by atoms with Crippen LogP contribution in [0, 0.1) is 11.3 Å². The van der Waals surface area contributed by atoms with Crippen LogP contribution in [0.15, 0.2) is 48.8 Å². The zero-order valence-corrected chi connectivity index (χ0v) is 15.5. The standard InChI is InChI=1S/C19H21N3O3S/c1-14(26(2,24)25)11-18(19(23)22-10-8-20)16-6-3-5-15(12-16)17-7-4-9-21-13-17/h3-7,9,12-14,18H,10-11H2,1-2H3,(H,22,23). The number of hydrogen-bond donors (Lipinski definition) is 1. The van der Waals surface area contributed by atoms with Gasteiger partial charge in [0.1, 0.15) is 16.4 Å².